The first-order valence-corrected chi connectivity index (χ1v) is 4.01. The van der Waals surface area contributed by atoms with Crippen LogP contribution in [0.15, 0.2) is 6.33 Å². The lowest BCUT2D eigenvalue weighted by Crippen LogP contribution is -2.15. The van der Waals surface area contributed by atoms with Gasteiger partial charge in [0.1, 0.15) is 6.33 Å². The van der Waals surface area contributed by atoms with Crippen molar-refractivity contribution in [2.75, 3.05) is 5.73 Å². The Labute approximate surface area is 75.1 Å². The van der Waals surface area contributed by atoms with Crippen LogP contribution in [0, 0.1) is 0 Å². The summed E-state index contributed by atoms with van der Waals surface area (Å²) < 4.78 is 0. The summed E-state index contributed by atoms with van der Waals surface area (Å²) in [6.45, 7) is 3.95. The molecule has 0 saturated carbocycles. The summed E-state index contributed by atoms with van der Waals surface area (Å²) in [6.07, 6.45) is 1.43. The van der Waals surface area contributed by atoms with Crippen molar-refractivity contribution in [3.8, 4) is 11.5 Å². The lowest BCUT2D eigenvalue weighted by molar-refractivity contribution is 0.450. The average Bonchev–Trinajstić information content (AvgIpc) is 2.51. The zero-order chi connectivity index (χ0) is 9.42. The summed E-state index contributed by atoms with van der Waals surface area (Å²) >= 11 is 0. The Morgan fingerprint density at radius 1 is 1.31 bits per heavy atom. The van der Waals surface area contributed by atoms with Gasteiger partial charge in [0.15, 0.2) is 11.5 Å². The minimum Gasteiger partial charge on any atom is -0.380 e. The smallest absolute Gasteiger partial charge is 0.205 e. The van der Waals surface area contributed by atoms with Crippen molar-refractivity contribution in [3.63, 3.8) is 0 Å². The van der Waals surface area contributed by atoms with Gasteiger partial charge < -0.3 is 5.73 Å². The molecule has 2 N–H and O–H groups in total. The van der Waals surface area contributed by atoms with E-state index in [2.05, 4.69) is 20.2 Å². The van der Waals surface area contributed by atoms with Crippen molar-refractivity contribution in [3.05, 3.63) is 6.33 Å². The van der Waals surface area contributed by atoms with Crippen molar-refractivity contribution in [1.29, 1.82) is 0 Å². The number of nitrogen functional groups attached to an aromatic ring is 1. The topological polar surface area (TPSA) is 82.5 Å². The first kappa shape index (κ1) is 7.90. The summed E-state index contributed by atoms with van der Waals surface area (Å²) in [6, 6.07) is 0.170. The maximum Gasteiger partial charge on any atom is 0.205 e. The molecule has 0 amide bonds. The monoisotopic (exact) mass is 178 g/mol. The Balaban J connectivity index is 2.63. The van der Waals surface area contributed by atoms with Crippen molar-refractivity contribution >= 4 is 5.82 Å². The van der Waals surface area contributed by atoms with Crippen LogP contribution in [0.5, 0.6) is 0 Å². The quantitative estimate of drug-likeness (QED) is 0.680. The summed E-state index contributed by atoms with van der Waals surface area (Å²) in [5.74, 6) is 0.914. The molecule has 6 heteroatoms. The molecular weight excluding hydrogens is 168 g/mol. The van der Waals surface area contributed by atoms with Crippen molar-refractivity contribution < 1.29 is 0 Å². The molecule has 0 aromatic heterocycles. The van der Waals surface area contributed by atoms with Crippen LogP contribution in [0.4, 0.5) is 5.82 Å². The van der Waals surface area contributed by atoms with Crippen LogP contribution in [0.25, 0.3) is 11.5 Å². The number of hydrogen-bond acceptors (Lipinski definition) is 5. The lowest BCUT2D eigenvalue weighted by Gasteiger charge is -2.09. The predicted molar refractivity (Wildman–Crippen MR) is 47.0 cm³/mol. The van der Waals surface area contributed by atoms with Crippen molar-refractivity contribution in [2.45, 2.75) is 19.9 Å². The van der Waals surface area contributed by atoms with Crippen LogP contribution in [-0.2, 0) is 0 Å². The zero-order valence-corrected chi connectivity index (χ0v) is 7.47. The van der Waals surface area contributed by atoms with Gasteiger partial charge in [0.05, 0.1) is 6.04 Å². The lowest BCUT2D eigenvalue weighted by atomic mass is 10.4. The number of fused-ring (bicyclic) bond motifs is 1. The minimum absolute atomic E-state index is 0.170. The molecule has 2 aliphatic heterocycles. The second-order valence-electron chi connectivity index (χ2n) is 3.05. The van der Waals surface area contributed by atoms with Gasteiger partial charge >= 0.3 is 0 Å². The summed E-state index contributed by atoms with van der Waals surface area (Å²) in [5, 5.41) is 8.20. The Kier molecular flexibility index (Phi) is 1.61. The molecule has 2 heterocycles. The van der Waals surface area contributed by atoms with Gasteiger partial charge in [-0.25, -0.2) is 9.97 Å². The number of hydrogen-bond donors (Lipinski definition) is 1. The van der Waals surface area contributed by atoms with Crippen LogP contribution < -0.4 is 5.73 Å². The molecule has 0 unspecified atom stereocenters. The van der Waals surface area contributed by atoms with E-state index < -0.39 is 0 Å². The number of nitrogens with zero attached hydrogens (tertiary/aromatic N) is 5. The summed E-state index contributed by atoms with van der Waals surface area (Å²) in [4.78, 5) is 9.44. The van der Waals surface area contributed by atoms with Gasteiger partial charge in [0.2, 0.25) is 5.82 Å². The van der Waals surface area contributed by atoms with Crippen LogP contribution in [0.2, 0.25) is 0 Å². The van der Waals surface area contributed by atoms with E-state index >= 15 is 0 Å². The number of rotatable bonds is 1. The summed E-state index contributed by atoms with van der Waals surface area (Å²) in [5.41, 5.74) is 6.23. The third-order valence-corrected chi connectivity index (χ3v) is 1.69. The molecule has 0 aromatic rings. The van der Waals surface area contributed by atoms with E-state index in [-0.39, 0.29) is 6.04 Å². The zero-order valence-electron chi connectivity index (χ0n) is 7.47. The van der Waals surface area contributed by atoms with Crippen LogP contribution in [0.1, 0.15) is 19.9 Å². The van der Waals surface area contributed by atoms with Gasteiger partial charge in [-0.15, -0.1) is 10.2 Å². The fourth-order valence-electron chi connectivity index (χ4n) is 1.02. The Morgan fingerprint density at radius 3 is 2.77 bits per heavy atom. The average molecular weight is 178 g/mol. The van der Waals surface area contributed by atoms with E-state index in [0.29, 0.717) is 17.3 Å². The molecule has 0 spiro atoms. The largest absolute Gasteiger partial charge is 0.380 e. The van der Waals surface area contributed by atoms with Crippen molar-refractivity contribution in [2.24, 2.45) is 0 Å². The number of anilines is 1. The molecule has 0 aromatic carbocycles. The first-order valence-electron chi connectivity index (χ1n) is 4.01. The van der Waals surface area contributed by atoms with E-state index in [1.807, 2.05) is 13.8 Å². The van der Waals surface area contributed by atoms with E-state index in [9.17, 15) is 0 Å². The Morgan fingerprint density at radius 2 is 2.08 bits per heavy atom. The standard InChI is InChI=1S/C7H10N6/c1-4(2)13-11-6(8)5-7(12-13)10-3-9-5/h3-4H,1-2H3,(H2,8,11). The second kappa shape index (κ2) is 2.65. The third kappa shape index (κ3) is 1.20. The molecule has 0 radical (unpaired) electrons. The van der Waals surface area contributed by atoms with Crippen molar-refractivity contribution in [1.82, 2.24) is 25.0 Å². The highest BCUT2D eigenvalue weighted by molar-refractivity contribution is 5.62. The highest BCUT2D eigenvalue weighted by atomic mass is 15.5. The molecule has 13 heavy (non-hydrogen) atoms. The van der Waals surface area contributed by atoms with E-state index in [1.54, 1.807) is 0 Å². The molecule has 0 fully saturated rings. The van der Waals surface area contributed by atoms with Gasteiger partial charge in [-0.2, -0.15) is 4.80 Å². The molecule has 2 rings (SSSR count). The van der Waals surface area contributed by atoms with Gasteiger partial charge in [-0.3, -0.25) is 0 Å². The SMILES string of the molecule is CC(C)n1nc2ncnc-2c(N)n1. The number of aromatic nitrogens is 5. The normalized spacial score (nSPS) is 11.3. The van der Waals surface area contributed by atoms with Gasteiger partial charge in [0, 0.05) is 0 Å². The Bertz CT molecular complexity index is 392. The number of nitrogens with two attached hydrogens (primary N) is 1. The molecule has 0 bridgehead atoms. The highest BCUT2D eigenvalue weighted by Crippen LogP contribution is 2.18. The molecule has 0 saturated heterocycles. The first-order chi connectivity index (χ1) is 6.18. The van der Waals surface area contributed by atoms with Gasteiger partial charge in [0.25, 0.3) is 0 Å². The molecule has 0 aliphatic carbocycles. The third-order valence-electron chi connectivity index (χ3n) is 1.69. The fraction of sp³-hybridized carbons (Fsp3) is 0.429. The van der Waals surface area contributed by atoms with E-state index in [4.69, 9.17) is 5.73 Å². The van der Waals surface area contributed by atoms with Gasteiger partial charge in [-0.05, 0) is 13.8 Å². The maximum absolute atomic E-state index is 5.66. The highest BCUT2D eigenvalue weighted by Gasteiger charge is 2.14. The minimum atomic E-state index is 0.170. The molecule has 0 atom stereocenters. The molecular formula is C7H10N6. The maximum atomic E-state index is 5.66. The second-order valence-corrected chi connectivity index (χ2v) is 3.05. The van der Waals surface area contributed by atoms with Crippen LogP contribution in [0.3, 0.4) is 0 Å². The molecule has 6 nitrogen and oxygen atoms in total. The predicted octanol–water partition coefficient (Wildman–Crippen LogP) is 0.336. The van der Waals surface area contributed by atoms with E-state index in [1.165, 1.54) is 11.1 Å². The van der Waals surface area contributed by atoms with Crippen LogP contribution in [-0.4, -0.2) is 25.0 Å². The number of imidazole rings is 1. The Hall–Kier alpha value is -1.72. The molecule has 68 valence electrons. The van der Waals surface area contributed by atoms with E-state index in [0.717, 1.165) is 0 Å². The summed E-state index contributed by atoms with van der Waals surface area (Å²) in [7, 11) is 0. The molecule has 2 aliphatic rings. The van der Waals surface area contributed by atoms with Gasteiger partial charge in [-0.1, -0.05) is 0 Å². The fourth-order valence-corrected chi connectivity index (χ4v) is 1.02. The van der Waals surface area contributed by atoms with Crippen LogP contribution >= 0.6 is 0 Å².